The van der Waals surface area contributed by atoms with Gasteiger partial charge in [0, 0.05) is 19.3 Å². The van der Waals surface area contributed by atoms with E-state index in [1.807, 2.05) is 0 Å². The summed E-state index contributed by atoms with van der Waals surface area (Å²) in [6.45, 7) is 6.41. The number of ether oxygens (including phenoxy) is 3. The van der Waals surface area contributed by atoms with Crippen LogP contribution in [-0.2, 0) is 28.6 Å². The van der Waals surface area contributed by atoms with Crippen molar-refractivity contribution in [1.82, 2.24) is 0 Å². The summed E-state index contributed by atoms with van der Waals surface area (Å²) in [7, 11) is 0. The first-order valence-corrected chi connectivity index (χ1v) is 32.9. The van der Waals surface area contributed by atoms with E-state index in [9.17, 15) is 14.4 Å². The third-order valence-corrected chi connectivity index (χ3v) is 14.0. The second-order valence-electron chi connectivity index (χ2n) is 21.6. The standard InChI is InChI=1S/C72H122O6/c1-4-7-10-13-16-19-22-25-27-29-31-32-33-34-35-36-37-38-39-40-41-43-44-47-50-53-56-59-62-65-71(74)77-68-69(67-76-70(73)64-61-58-55-52-49-46-24-21-18-15-12-9-6-3)78-72(75)66-63-60-57-54-51-48-45-42-30-28-26-23-20-17-14-11-8-5-2/h7,9-10,12,16,18-19,21,25,27,31-32,34-35,37-38,46,49,69H,4-6,8,11,13-15,17,20,22-24,26,28-30,33,36,39-45,47-48,50-68H2,1-3H3/b10-7-,12-9-,19-16-,21-18-,27-25-,32-31-,35-34-,38-37-,49-46-. The largest absolute Gasteiger partial charge is 0.462 e. The Bertz CT molecular complexity index is 1570. The van der Waals surface area contributed by atoms with E-state index in [1.54, 1.807) is 0 Å². The fourth-order valence-corrected chi connectivity index (χ4v) is 9.17. The van der Waals surface area contributed by atoms with Crippen LogP contribution in [0.5, 0.6) is 0 Å². The molecule has 1 atom stereocenters. The molecule has 0 saturated heterocycles. The molecule has 6 heteroatoms. The number of hydrogen-bond donors (Lipinski definition) is 0. The van der Waals surface area contributed by atoms with E-state index in [4.69, 9.17) is 14.2 Å². The lowest BCUT2D eigenvalue weighted by Gasteiger charge is -2.18. The highest BCUT2D eigenvalue weighted by Crippen LogP contribution is 2.17. The number of carbonyl (C=O) groups is 3. The van der Waals surface area contributed by atoms with E-state index in [-0.39, 0.29) is 31.1 Å². The highest BCUT2D eigenvalue weighted by molar-refractivity contribution is 5.71. The minimum Gasteiger partial charge on any atom is -0.462 e. The van der Waals surface area contributed by atoms with Crippen LogP contribution in [0.2, 0.25) is 0 Å². The predicted octanol–water partition coefficient (Wildman–Crippen LogP) is 22.6. The van der Waals surface area contributed by atoms with E-state index in [2.05, 4.69) is 130 Å². The normalized spacial score (nSPS) is 12.8. The van der Waals surface area contributed by atoms with Crippen LogP contribution in [0.25, 0.3) is 0 Å². The monoisotopic (exact) mass is 1080 g/mol. The third-order valence-electron chi connectivity index (χ3n) is 14.0. The number of carbonyl (C=O) groups excluding carboxylic acids is 3. The molecule has 0 aliphatic heterocycles. The van der Waals surface area contributed by atoms with Crippen LogP contribution in [0.15, 0.2) is 109 Å². The lowest BCUT2D eigenvalue weighted by atomic mass is 10.0. The molecule has 446 valence electrons. The maximum Gasteiger partial charge on any atom is 0.306 e. The van der Waals surface area contributed by atoms with Gasteiger partial charge in [0.2, 0.25) is 0 Å². The third kappa shape index (κ3) is 62.9. The number of hydrogen-bond acceptors (Lipinski definition) is 6. The van der Waals surface area contributed by atoms with Crippen molar-refractivity contribution in [3.63, 3.8) is 0 Å². The summed E-state index contributed by atoms with van der Waals surface area (Å²) in [5.74, 6) is -0.911. The van der Waals surface area contributed by atoms with E-state index in [0.717, 1.165) is 122 Å². The smallest absolute Gasteiger partial charge is 0.306 e. The van der Waals surface area contributed by atoms with Gasteiger partial charge in [-0.1, -0.05) is 297 Å². The Morgan fingerprint density at radius 3 is 0.795 bits per heavy atom. The van der Waals surface area contributed by atoms with E-state index in [1.165, 1.54) is 148 Å². The Morgan fingerprint density at radius 2 is 0.500 bits per heavy atom. The number of allylic oxidation sites excluding steroid dienone is 18. The highest BCUT2D eigenvalue weighted by atomic mass is 16.6. The second-order valence-corrected chi connectivity index (χ2v) is 21.6. The molecule has 0 heterocycles. The van der Waals surface area contributed by atoms with E-state index < -0.39 is 6.10 Å². The minimum atomic E-state index is -0.792. The Morgan fingerprint density at radius 1 is 0.269 bits per heavy atom. The molecule has 0 saturated carbocycles. The highest BCUT2D eigenvalue weighted by Gasteiger charge is 2.19. The average molecular weight is 1080 g/mol. The van der Waals surface area contributed by atoms with Crippen LogP contribution < -0.4 is 0 Å². The van der Waals surface area contributed by atoms with Gasteiger partial charge in [-0.25, -0.2) is 0 Å². The topological polar surface area (TPSA) is 78.9 Å². The molecular formula is C72H122O6. The molecule has 6 nitrogen and oxygen atoms in total. The summed E-state index contributed by atoms with van der Waals surface area (Å²) < 4.78 is 16.9. The summed E-state index contributed by atoms with van der Waals surface area (Å²) in [4.78, 5) is 38.3. The Hall–Kier alpha value is -3.93. The zero-order chi connectivity index (χ0) is 56.4. The molecule has 1 unspecified atom stereocenters. The Labute approximate surface area is 482 Å². The summed E-state index contributed by atoms with van der Waals surface area (Å²) in [5.41, 5.74) is 0. The summed E-state index contributed by atoms with van der Waals surface area (Å²) in [6.07, 6.45) is 89.6. The van der Waals surface area contributed by atoms with Crippen molar-refractivity contribution in [2.24, 2.45) is 0 Å². The lowest BCUT2D eigenvalue weighted by Crippen LogP contribution is -2.30. The molecule has 0 rings (SSSR count). The van der Waals surface area contributed by atoms with Gasteiger partial charge in [-0.05, 0) is 103 Å². The maximum atomic E-state index is 12.9. The molecule has 0 aliphatic rings. The average Bonchev–Trinajstić information content (AvgIpc) is 3.44. The molecular weight excluding hydrogens is 961 g/mol. The van der Waals surface area contributed by atoms with Gasteiger partial charge < -0.3 is 14.2 Å². The van der Waals surface area contributed by atoms with Gasteiger partial charge in [0.1, 0.15) is 13.2 Å². The first-order valence-electron chi connectivity index (χ1n) is 32.9. The van der Waals surface area contributed by atoms with Crippen LogP contribution >= 0.6 is 0 Å². The van der Waals surface area contributed by atoms with Crippen molar-refractivity contribution >= 4 is 17.9 Å². The lowest BCUT2D eigenvalue weighted by molar-refractivity contribution is -0.167. The van der Waals surface area contributed by atoms with Gasteiger partial charge in [-0.2, -0.15) is 0 Å². The fraction of sp³-hybridized carbons (Fsp3) is 0.708. The van der Waals surface area contributed by atoms with Gasteiger partial charge in [-0.3, -0.25) is 14.4 Å². The summed E-state index contributed by atoms with van der Waals surface area (Å²) >= 11 is 0. The maximum absolute atomic E-state index is 12.9. The van der Waals surface area contributed by atoms with E-state index in [0.29, 0.717) is 19.3 Å². The second kappa shape index (κ2) is 65.6. The van der Waals surface area contributed by atoms with Crippen LogP contribution in [-0.4, -0.2) is 37.2 Å². The van der Waals surface area contributed by atoms with Gasteiger partial charge in [0.05, 0.1) is 0 Å². The fourth-order valence-electron chi connectivity index (χ4n) is 9.17. The Balaban J connectivity index is 4.30. The molecule has 0 bridgehead atoms. The summed E-state index contributed by atoms with van der Waals surface area (Å²) in [6, 6.07) is 0. The van der Waals surface area contributed by atoms with Crippen molar-refractivity contribution in [2.75, 3.05) is 13.2 Å². The minimum absolute atomic E-state index is 0.0880. The van der Waals surface area contributed by atoms with Crippen molar-refractivity contribution in [1.29, 1.82) is 0 Å². The van der Waals surface area contributed by atoms with Gasteiger partial charge in [0.25, 0.3) is 0 Å². The number of esters is 3. The van der Waals surface area contributed by atoms with Crippen molar-refractivity contribution in [2.45, 2.75) is 316 Å². The SMILES string of the molecule is CC/C=C\C/C=C\C/C=C\C/C=C\C/C=C\C/C=C\CCCCCCCCCCCCC(=O)OCC(COC(=O)CCCCC/C=C\C/C=C\C/C=C\CC)OC(=O)CCCCCCCCCCCCCCCCCCCC. The van der Waals surface area contributed by atoms with Crippen LogP contribution in [0.1, 0.15) is 310 Å². The van der Waals surface area contributed by atoms with Crippen LogP contribution in [0.4, 0.5) is 0 Å². The van der Waals surface area contributed by atoms with Crippen LogP contribution in [0, 0.1) is 0 Å². The summed E-state index contributed by atoms with van der Waals surface area (Å²) in [5, 5.41) is 0. The number of rotatable bonds is 59. The molecule has 0 aromatic rings. The molecule has 0 aliphatic carbocycles. The van der Waals surface area contributed by atoms with Crippen molar-refractivity contribution in [3.05, 3.63) is 109 Å². The van der Waals surface area contributed by atoms with Gasteiger partial charge >= 0.3 is 17.9 Å². The van der Waals surface area contributed by atoms with Crippen LogP contribution in [0.3, 0.4) is 0 Å². The molecule has 0 aromatic heterocycles. The molecule has 0 aromatic carbocycles. The molecule has 0 N–H and O–H groups in total. The van der Waals surface area contributed by atoms with Crippen molar-refractivity contribution in [3.8, 4) is 0 Å². The first kappa shape index (κ1) is 74.1. The Kier molecular flexibility index (Phi) is 62.3. The molecule has 0 fully saturated rings. The van der Waals surface area contributed by atoms with Gasteiger partial charge in [0.15, 0.2) is 6.10 Å². The van der Waals surface area contributed by atoms with Gasteiger partial charge in [-0.15, -0.1) is 0 Å². The first-order chi connectivity index (χ1) is 38.5. The predicted molar refractivity (Wildman–Crippen MR) is 339 cm³/mol. The zero-order valence-electron chi connectivity index (χ0n) is 51.2. The zero-order valence-corrected chi connectivity index (χ0v) is 51.2. The molecule has 78 heavy (non-hydrogen) atoms. The van der Waals surface area contributed by atoms with Crippen molar-refractivity contribution < 1.29 is 28.6 Å². The molecule has 0 spiro atoms. The molecule has 0 radical (unpaired) electrons. The van der Waals surface area contributed by atoms with E-state index >= 15 is 0 Å². The number of unbranched alkanes of at least 4 members (excludes halogenated alkanes) is 30. The quantitative estimate of drug-likeness (QED) is 0.0261. The molecule has 0 amide bonds.